The van der Waals surface area contributed by atoms with Crippen LogP contribution >= 0.6 is 0 Å². The first kappa shape index (κ1) is 38.1. The number of alkyl halides is 3. The number of halogens is 3. The molecular formula is C40H51F3N2O4. The Bertz CT molecular complexity index is 1460. The van der Waals surface area contributed by atoms with Gasteiger partial charge in [0.25, 0.3) is 0 Å². The van der Waals surface area contributed by atoms with Gasteiger partial charge >= 0.3 is 18.1 Å². The largest absolute Gasteiger partial charge is 0.458 e. The molecule has 1 aromatic heterocycles. The average Bonchev–Trinajstić information content (AvgIpc) is 3.10. The summed E-state index contributed by atoms with van der Waals surface area (Å²) in [6.07, 6.45) is 11.9. The zero-order chi connectivity index (χ0) is 35.1. The third-order valence-corrected chi connectivity index (χ3v) is 9.24. The van der Waals surface area contributed by atoms with Gasteiger partial charge in [0.05, 0.1) is 11.1 Å². The second-order valence-corrected chi connectivity index (χ2v) is 13.3. The van der Waals surface area contributed by atoms with Crippen molar-refractivity contribution >= 4 is 11.9 Å². The van der Waals surface area contributed by atoms with Crippen molar-refractivity contribution < 1.29 is 32.2 Å². The number of hydrogen-bond acceptors (Lipinski definition) is 6. The summed E-state index contributed by atoms with van der Waals surface area (Å²) in [7, 11) is 0. The zero-order valence-electron chi connectivity index (χ0n) is 29.0. The first-order valence-corrected chi connectivity index (χ1v) is 18.2. The number of nitrogens with zero attached hydrogens (tertiary/aromatic N) is 2. The van der Waals surface area contributed by atoms with Crippen LogP contribution in [0.3, 0.4) is 0 Å². The highest BCUT2D eigenvalue weighted by Gasteiger charge is 2.42. The standard InChI is InChI=1S/C40H51F3N2O4/c1-3-5-7-9-10-11-12-13-15-29-27-44-37(45-28-29)30-17-19-31(20-18-30)38(46)48-35-24-23-32-25-34(22-21-33(32)26-35)39(47)49-36(40(41,42)43)16-14-8-6-4-2/h17-22,25,27-28,35-36H,3-16,23-24,26H2,1-2H3/t35?,36-/m1/s1. The van der Waals surface area contributed by atoms with Crippen molar-refractivity contribution in [2.75, 3.05) is 0 Å². The molecule has 0 aliphatic heterocycles. The minimum absolute atomic E-state index is 0.0965. The van der Waals surface area contributed by atoms with E-state index in [-0.39, 0.29) is 18.1 Å². The molecule has 0 spiro atoms. The van der Waals surface area contributed by atoms with E-state index in [4.69, 9.17) is 9.47 Å². The SMILES string of the molecule is CCCCCCCCCCc1cnc(-c2ccc(C(=O)OC3CCc4cc(C(=O)O[C@H](CCCCCC)C(F)(F)F)ccc4C3)cc2)nc1. The van der Waals surface area contributed by atoms with Crippen LogP contribution in [0, 0.1) is 0 Å². The Morgan fingerprint density at radius 1 is 0.776 bits per heavy atom. The Hall–Kier alpha value is -3.75. The Labute approximate surface area is 289 Å². The van der Waals surface area contributed by atoms with E-state index in [0.29, 0.717) is 43.5 Å². The molecule has 0 saturated carbocycles. The van der Waals surface area contributed by atoms with Crippen LogP contribution in [0.1, 0.15) is 141 Å². The van der Waals surface area contributed by atoms with Gasteiger partial charge in [-0.1, -0.05) is 96.3 Å². The number of fused-ring (bicyclic) bond motifs is 1. The third-order valence-electron chi connectivity index (χ3n) is 9.24. The number of carbonyl (C=O) groups excluding carboxylic acids is 2. The molecule has 0 fully saturated rings. The molecule has 9 heteroatoms. The highest BCUT2D eigenvalue weighted by molar-refractivity contribution is 5.90. The van der Waals surface area contributed by atoms with Crippen molar-refractivity contribution in [2.45, 2.75) is 141 Å². The Morgan fingerprint density at radius 2 is 1.39 bits per heavy atom. The summed E-state index contributed by atoms with van der Waals surface area (Å²) in [5.41, 5.74) is 4.21. The molecule has 0 bridgehead atoms. The van der Waals surface area contributed by atoms with Gasteiger partial charge in [0.1, 0.15) is 6.10 Å². The highest BCUT2D eigenvalue weighted by atomic mass is 19.4. The topological polar surface area (TPSA) is 78.4 Å². The number of benzene rings is 2. The minimum atomic E-state index is -4.61. The lowest BCUT2D eigenvalue weighted by Crippen LogP contribution is -2.34. The average molecular weight is 681 g/mol. The Balaban J connectivity index is 1.24. The van der Waals surface area contributed by atoms with E-state index in [9.17, 15) is 22.8 Å². The molecule has 1 aliphatic rings. The van der Waals surface area contributed by atoms with E-state index < -0.39 is 24.2 Å². The number of aromatic nitrogens is 2. The summed E-state index contributed by atoms with van der Waals surface area (Å²) in [5.74, 6) is -0.802. The Morgan fingerprint density at radius 3 is 2.04 bits per heavy atom. The highest BCUT2D eigenvalue weighted by Crippen LogP contribution is 2.30. The van der Waals surface area contributed by atoms with Crippen molar-refractivity contribution in [3.63, 3.8) is 0 Å². The van der Waals surface area contributed by atoms with Crippen molar-refractivity contribution in [1.29, 1.82) is 0 Å². The van der Waals surface area contributed by atoms with Crippen LogP contribution in [0.15, 0.2) is 54.9 Å². The van der Waals surface area contributed by atoms with Gasteiger partial charge in [-0.05, 0) is 79.5 Å². The molecule has 1 unspecified atom stereocenters. The molecule has 0 saturated heterocycles. The molecule has 3 aromatic rings. The number of hydrogen-bond donors (Lipinski definition) is 0. The lowest BCUT2D eigenvalue weighted by atomic mass is 9.88. The van der Waals surface area contributed by atoms with Crippen molar-refractivity contribution in [1.82, 2.24) is 9.97 Å². The van der Waals surface area contributed by atoms with E-state index in [0.717, 1.165) is 47.9 Å². The maximum absolute atomic E-state index is 13.5. The number of rotatable bonds is 19. The predicted octanol–water partition coefficient (Wildman–Crippen LogP) is 10.6. The van der Waals surface area contributed by atoms with Crippen LogP contribution in [0.5, 0.6) is 0 Å². The summed E-state index contributed by atoms with van der Waals surface area (Å²) < 4.78 is 51.3. The molecule has 2 aromatic carbocycles. The molecule has 0 radical (unpaired) electrons. The number of carbonyl (C=O) groups is 2. The van der Waals surface area contributed by atoms with Crippen LogP contribution in [0.2, 0.25) is 0 Å². The molecule has 0 N–H and O–H groups in total. The van der Waals surface area contributed by atoms with Gasteiger partial charge in [-0.15, -0.1) is 0 Å². The van der Waals surface area contributed by atoms with Gasteiger partial charge < -0.3 is 9.47 Å². The maximum atomic E-state index is 13.5. The number of unbranched alkanes of at least 4 members (excludes halogenated alkanes) is 10. The summed E-state index contributed by atoms with van der Waals surface area (Å²) in [6, 6.07) is 11.9. The smallest absolute Gasteiger partial charge is 0.425 e. The van der Waals surface area contributed by atoms with E-state index in [1.807, 2.05) is 31.5 Å². The summed E-state index contributed by atoms with van der Waals surface area (Å²) >= 11 is 0. The van der Waals surface area contributed by atoms with Gasteiger partial charge in [-0.25, -0.2) is 19.6 Å². The van der Waals surface area contributed by atoms with Crippen LogP contribution in [0.4, 0.5) is 13.2 Å². The second-order valence-electron chi connectivity index (χ2n) is 13.3. The summed E-state index contributed by atoms with van der Waals surface area (Å²) in [6.45, 7) is 4.22. The quantitative estimate of drug-likeness (QED) is 0.0926. The van der Waals surface area contributed by atoms with Gasteiger partial charge in [-0.2, -0.15) is 13.2 Å². The van der Waals surface area contributed by atoms with Gasteiger partial charge in [0.2, 0.25) is 0 Å². The van der Waals surface area contributed by atoms with Crippen LogP contribution in [-0.4, -0.2) is 40.3 Å². The van der Waals surface area contributed by atoms with Crippen molar-refractivity contribution in [3.05, 3.63) is 82.7 Å². The number of ether oxygens (including phenoxy) is 2. The van der Waals surface area contributed by atoms with Gasteiger partial charge in [0.15, 0.2) is 11.9 Å². The van der Waals surface area contributed by atoms with E-state index in [2.05, 4.69) is 16.9 Å². The van der Waals surface area contributed by atoms with Crippen LogP contribution < -0.4 is 0 Å². The monoisotopic (exact) mass is 680 g/mol. The third kappa shape index (κ3) is 12.3. The van der Waals surface area contributed by atoms with E-state index in [1.165, 1.54) is 51.0 Å². The maximum Gasteiger partial charge on any atom is 0.425 e. The fraction of sp³-hybridized carbons (Fsp3) is 0.550. The van der Waals surface area contributed by atoms with Crippen molar-refractivity contribution in [3.8, 4) is 11.4 Å². The second kappa shape index (κ2) is 19.4. The van der Waals surface area contributed by atoms with Gasteiger partial charge in [0, 0.05) is 24.4 Å². The summed E-state index contributed by atoms with van der Waals surface area (Å²) in [4.78, 5) is 34.7. The fourth-order valence-corrected chi connectivity index (χ4v) is 6.26. The molecule has 6 nitrogen and oxygen atoms in total. The number of esters is 2. The fourth-order valence-electron chi connectivity index (χ4n) is 6.26. The van der Waals surface area contributed by atoms with E-state index in [1.54, 1.807) is 24.3 Å². The molecule has 0 amide bonds. The first-order chi connectivity index (χ1) is 23.7. The number of aryl methyl sites for hydroxylation is 2. The van der Waals surface area contributed by atoms with Crippen LogP contribution in [0.25, 0.3) is 11.4 Å². The Kier molecular flexibility index (Phi) is 15.1. The normalized spacial score (nSPS) is 15.0. The molecule has 2 atom stereocenters. The van der Waals surface area contributed by atoms with Crippen molar-refractivity contribution in [2.24, 2.45) is 0 Å². The minimum Gasteiger partial charge on any atom is -0.458 e. The molecular weight excluding hydrogens is 629 g/mol. The van der Waals surface area contributed by atoms with Crippen LogP contribution in [-0.2, 0) is 28.7 Å². The molecule has 4 rings (SSSR count). The molecule has 1 heterocycles. The first-order valence-electron chi connectivity index (χ1n) is 18.2. The molecule has 1 aliphatic carbocycles. The lowest BCUT2D eigenvalue weighted by Gasteiger charge is -2.25. The van der Waals surface area contributed by atoms with Gasteiger partial charge in [-0.3, -0.25) is 0 Å². The summed E-state index contributed by atoms with van der Waals surface area (Å²) in [5, 5.41) is 0. The van der Waals surface area contributed by atoms with E-state index >= 15 is 0 Å². The zero-order valence-corrected chi connectivity index (χ0v) is 29.0. The molecule has 266 valence electrons. The lowest BCUT2D eigenvalue weighted by molar-refractivity contribution is -0.206. The molecule has 49 heavy (non-hydrogen) atoms. The predicted molar refractivity (Wildman–Crippen MR) is 185 cm³/mol.